The molecule has 0 saturated heterocycles. The number of nitrogens with two attached hydrogens (primary N) is 1. The lowest BCUT2D eigenvalue weighted by Crippen LogP contribution is -2.08. The van der Waals surface area contributed by atoms with Crippen molar-refractivity contribution in [3.63, 3.8) is 0 Å². The molecule has 0 fully saturated rings. The minimum Gasteiger partial charge on any atom is -0.330 e. The zero-order valence-corrected chi connectivity index (χ0v) is 4.85. The van der Waals surface area contributed by atoms with Gasteiger partial charge in [0.2, 0.25) is 0 Å². The van der Waals surface area contributed by atoms with E-state index >= 15 is 0 Å². The first kappa shape index (κ1) is 6.70. The Hall–Kier alpha value is -0.300. The van der Waals surface area contributed by atoms with Gasteiger partial charge in [-0.15, -0.1) is 6.58 Å². The average Bonchev–Trinajstić information content (AvgIpc) is 1.68. The largest absolute Gasteiger partial charge is 0.330 e. The summed E-state index contributed by atoms with van der Waals surface area (Å²) in [5, 5.41) is 0. The van der Waals surface area contributed by atoms with Gasteiger partial charge in [0.15, 0.2) is 0 Å². The minimum absolute atomic E-state index is 0.609. The van der Waals surface area contributed by atoms with Crippen LogP contribution in [-0.4, -0.2) is 6.54 Å². The van der Waals surface area contributed by atoms with Crippen LogP contribution in [0.4, 0.5) is 0 Å². The van der Waals surface area contributed by atoms with E-state index in [4.69, 9.17) is 5.73 Å². The molecule has 0 aliphatic heterocycles. The lowest BCUT2D eigenvalue weighted by molar-refractivity contribution is 0.606. The molecule has 2 N–H and O–H groups in total. The van der Waals surface area contributed by atoms with Gasteiger partial charge in [0.05, 0.1) is 0 Å². The molecule has 0 aromatic heterocycles. The summed E-state index contributed by atoms with van der Waals surface area (Å²) >= 11 is 0. The van der Waals surface area contributed by atoms with Gasteiger partial charge in [-0.05, 0) is 18.9 Å². The number of hydrogen-bond donors (Lipinski definition) is 1. The summed E-state index contributed by atoms with van der Waals surface area (Å²) in [6, 6.07) is 0. The molecule has 42 valence electrons. The van der Waals surface area contributed by atoms with Crippen molar-refractivity contribution in [2.75, 3.05) is 6.54 Å². The Morgan fingerprint density at radius 2 is 2.43 bits per heavy atom. The summed E-state index contributed by atoms with van der Waals surface area (Å²) in [5.74, 6) is 0.609. The monoisotopic (exact) mass is 99.1 g/mol. The summed E-state index contributed by atoms with van der Waals surface area (Å²) in [6.45, 7) is 6.48. The van der Waals surface area contributed by atoms with Gasteiger partial charge in [0.25, 0.3) is 0 Å². The van der Waals surface area contributed by atoms with Gasteiger partial charge in [-0.3, -0.25) is 0 Å². The molecule has 0 bridgehead atoms. The Kier molecular flexibility index (Phi) is 3.71. The second-order valence-electron chi connectivity index (χ2n) is 1.87. The van der Waals surface area contributed by atoms with Crippen LogP contribution in [0.3, 0.4) is 0 Å². The first-order chi connectivity index (χ1) is 3.31. The van der Waals surface area contributed by atoms with E-state index in [0.29, 0.717) is 5.92 Å². The van der Waals surface area contributed by atoms with Crippen molar-refractivity contribution in [2.45, 2.75) is 13.3 Å². The summed E-state index contributed by atoms with van der Waals surface area (Å²) < 4.78 is 0. The van der Waals surface area contributed by atoms with Crippen LogP contribution in [-0.2, 0) is 0 Å². The molecular weight excluding hydrogens is 86.1 g/mol. The third kappa shape index (κ3) is 3.53. The summed E-state index contributed by atoms with van der Waals surface area (Å²) in [7, 11) is 0. The van der Waals surface area contributed by atoms with Crippen molar-refractivity contribution in [2.24, 2.45) is 11.7 Å². The molecule has 0 heterocycles. The molecule has 1 heteroatoms. The normalized spacial score (nSPS) is 13.4. The van der Waals surface area contributed by atoms with E-state index in [-0.39, 0.29) is 0 Å². The summed E-state index contributed by atoms with van der Waals surface area (Å²) in [5.41, 5.74) is 5.31. The van der Waals surface area contributed by atoms with Gasteiger partial charge < -0.3 is 5.73 Å². The molecule has 0 saturated carbocycles. The van der Waals surface area contributed by atoms with E-state index in [1.54, 1.807) is 0 Å². The van der Waals surface area contributed by atoms with Crippen LogP contribution in [0, 0.1) is 5.92 Å². The highest BCUT2D eigenvalue weighted by Crippen LogP contribution is 1.96. The molecule has 0 spiro atoms. The molecule has 0 aromatic carbocycles. The molecule has 0 aliphatic rings. The second-order valence-corrected chi connectivity index (χ2v) is 1.87. The van der Waals surface area contributed by atoms with Gasteiger partial charge in [0.1, 0.15) is 0 Å². The fourth-order valence-electron chi connectivity index (χ4n) is 0.381. The van der Waals surface area contributed by atoms with Crippen molar-refractivity contribution in [1.29, 1.82) is 0 Å². The molecule has 0 unspecified atom stereocenters. The third-order valence-electron chi connectivity index (χ3n) is 0.971. The van der Waals surface area contributed by atoms with Gasteiger partial charge in [0, 0.05) is 0 Å². The lowest BCUT2D eigenvalue weighted by atomic mass is 10.1. The standard InChI is InChI=1S/C6H13N/c1-3-4-6(2)5-7/h3,6H,1,4-5,7H2,2H3/t6-/m1/s1. The number of rotatable bonds is 3. The Balaban J connectivity index is 2.98. The maximum absolute atomic E-state index is 5.31. The SMILES string of the molecule is C=CC[C@@H](C)CN. The van der Waals surface area contributed by atoms with Crippen LogP contribution in [0.5, 0.6) is 0 Å². The maximum Gasteiger partial charge on any atom is -0.00485 e. The second kappa shape index (κ2) is 3.88. The molecule has 0 rings (SSSR count). The fraction of sp³-hybridized carbons (Fsp3) is 0.667. The van der Waals surface area contributed by atoms with E-state index in [0.717, 1.165) is 13.0 Å². The van der Waals surface area contributed by atoms with Gasteiger partial charge in [-0.1, -0.05) is 13.0 Å². The highest BCUT2D eigenvalue weighted by atomic mass is 14.5. The number of hydrogen-bond acceptors (Lipinski definition) is 1. The van der Waals surface area contributed by atoms with Crippen molar-refractivity contribution in [3.8, 4) is 0 Å². The van der Waals surface area contributed by atoms with Crippen LogP contribution >= 0.6 is 0 Å². The molecule has 7 heavy (non-hydrogen) atoms. The Morgan fingerprint density at radius 1 is 1.86 bits per heavy atom. The smallest absolute Gasteiger partial charge is 0.00485 e. The Bertz CT molecular complexity index is 50.1. The van der Waals surface area contributed by atoms with Crippen LogP contribution < -0.4 is 5.73 Å². The van der Waals surface area contributed by atoms with Gasteiger partial charge >= 0.3 is 0 Å². The quantitative estimate of drug-likeness (QED) is 0.528. The van der Waals surface area contributed by atoms with Crippen LogP contribution in [0.25, 0.3) is 0 Å². The fourth-order valence-corrected chi connectivity index (χ4v) is 0.381. The van der Waals surface area contributed by atoms with E-state index in [1.807, 2.05) is 6.08 Å². The van der Waals surface area contributed by atoms with Crippen LogP contribution in [0.15, 0.2) is 12.7 Å². The molecule has 1 nitrogen and oxygen atoms in total. The van der Waals surface area contributed by atoms with E-state index in [1.165, 1.54) is 0 Å². The predicted octanol–water partition coefficient (Wildman–Crippen LogP) is 1.16. The van der Waals surface area contributed by atoms with Gasteiger partial charge in [-0.2, -0.15) is 0 Å². The molecule has 0 radical (unpaired) electrons. The Morgan fingerprint density at radius 3 is 2.57 bits per heavy atom. The highest BCUT2D eigenvalue weighted by Gasteiger charge is 1.90. The maximum atomic E-state index is 5.31. The van der Waals surface area contributed by atoms with E-state index in [9.17, 15) is 0 Å². The van der Waals surface area contributed by atoms with Crippen molar-refractivity contribution in [1.82, 2.24) is 0 Å². The molecule has 0 aromatic rings. The first-order valence-electron chi connectivity index (χ1n) is 2.62. The number of allylic oxidation sites excluding steroid dienone is 1. The topological polar surface area (TPSA) is 26.0 Å². The lowest BCUT2D eigenvalue weighted by Gasteiger charge is -2.00. The summed E-state index contributed by atoms with van der Waals surface area (Å²) in [6.07, 6.45) is 2.94. The Labute approximate surface area is 45.2 Å². The zero-order valence-electron chi connectivity index (χ0n) is 4.85. The van der Waals surface area contributed by atoms with Crippen molar-refractivity contribution < 1.29 is 0 Å². The van der Waals surface area contributed by atoms with E-state index in [2.05, 4.69) is 13.5 Å². The summed E-state index contributed by atoms with van der Waals surface area (Å²) in [4.78, 5) is 0. The third-order valence-corrected chi connectivity index (χ3v) is 0.971. The van der Waals surface area contributed by atoms with Crippen LogP contribution in [0.2, 0.25) is 0 Å². The van der Waals surface area contributed by atoms with E-state index < -0.39 is 0 Å². The van der Waals surface area contributed by atoms with Crippen molar-refractivity contribution >= 4 is 0 Å². The zero-order chi connectivity index (χ0) is 5.70. The average molecular weight is 99.2 g/mol. The van der Waals surface area contributed by atoms with Crippen molar-refractivity contribution in [3.05, 3.63) is 12.7 Å². The molecule has 0 amide bonds. The predicted molar refractivity (Wildman–Crippen MR) is 33.0 cm³/mol. The molecular formula is C6H13N. The van der Waals surface area contributed by atoms with Crippen LogP contribution in [0.1, 0.15) is 13.3 Å². The molecule has 0 aliphatic carbocycles. The molecule has 1 atom stereocenters. The highest BCUT2D eigenvalue weighted by molar-refractivity contribution is 4.70. The first-order valence-corrected chi connectivity index (χ1v) is 2.62. The minimum atomic E-state index is 0.609. The van der Waals surface area contributed by atoms with Gasteiger partial charge in [-0.25, -0.2) is 0 Å².